The van der Waals surface area contributed by atoms with Crippen LogP contribution in [0.3, 0.4) is 0 Å². The first-order valence-corrected chi connectivity index (χ1v) is 12.1. The fraction of sp³-hybridized carbons (Fsp3) is 0.375. The molecule has 7 nitrogen and oxygen atoms in total. The van der Waals surface area contributed by atoms with Crippen LogP contribution in [0.1, 0.15) is 38.6 Å². The number of hydrogen-bond donors (Lipinski definition) is 1. The summed E-state index contributed by atoms with van der Waals surface area (Å²) in [6, 6.07) is 17.5. The zero-order valence-electron chi connectivity index (χ0n) is 18.1. The van der Waals surface area contributed by atoms with Gasteiger partial charge in [-0.25, -0.2) is 0 Å². The smallest absolute Gasteiger partial charge is 0.237 e. The minimum Gasteiger partial charge on any atom is -0.457 e. The van der Waals surface area contributed by atoms with Crippen molar-refractivity contribution in [1.29, 1.82) is 0 Å². The predicted octanol–water partition coefficient (Wildman–Crippen LogP) is 5.12. The van der Waals surface area contributed by atoms with Crippen molar-refractivity contribution in [2.45, 2.75) is 49.1 Å². The van der Waals surface area contributed by atoms with E-state index < -0.39 is 0 Å². The van der Waals surface area contributed by atoms with Gasteiger partial charge in [0.1, 0.15) is 11.5 Å². The molecule has 3 aromatic rings. The first kappa shape index (κ1) is 20.9. The molecule has 5 rings (SSSR count). The van der Waals surface area contributed by atoms with Gasteiger partial charge in [0.15, 0.2) is 5.16 Å². The number of nitrogens with one attached hydrogen (secondary N) is 1. The zero-order valence-corrected chi connectivity index (χ0v) is 18.9. The molecule has 1 aliphatic carbocycles. The van der Waals surface area contributed by atoms with Crippen LogP contribution in [0.2, 0.25) is 0 Å². The van der Waals surface area contributed by atoms with Crippen LogP contribution >= 0.6 is 11.8 Å². The van der Waals surface area contributed by atoms with Gasteiger partial charge in [-0.15, -0.1) is 10.2 Å². The quantitative estimate of drug-likeness (QED) is 0.481. The fourth-order valence-corrected chi connectivity index (χ4v) is 4.74. The number of benzene rings is 2. The second-order valence-corrected chi connectivity index (χ2v) is 9.57. The van der Waals surface area contributed by atoms with Crippen LogP contribution in [0.25, 0.3) is 0 Å². The molecule has 2 aliphatic rings. The Morgan fingerprint density at radius 2 is 1.72 bits per heavy atom. The van der Waals surface area contributed by atoms with Crippen LogP contribution in [0.4, 0.5) is 11.6 Å². The highest BCUT2D eigenvalue weighted by Gasteiger charge is 2.33. The van der Waals surface area contributed by atoms with Gasteiger partial charge in [-0.1, -0.05) is 30.0 Å². The molecule has 1 N–H and O–H groups in total. The van der Waals surface area contributed by atoms with Gasteiger partial charge in [0, 0.05) is 24.8 Å². The Morgan fingerprint density at radius 1 is 1.03 bits per heavy atom. The molecule has 2 fully saturated rings. The Kier molecular flexibility index (Phi) is 6.03. The summed E-state index contributed by atoms with van der Waals surface area (Å²) in [7, 11) is 0. The van der Waals surface area contributed by atoms with Crippen molar-refractivity contribution in [2.75, 3.05) is 23.3 Å². The lowest BCUT2D eigenvalue weighted by molar-refractivity contribution is -0.115. The van der Waals surface area contributed by atoms with Crippen molar-refractivity contribution >= 4 is 29.3 Å². The molecule has 1 saturated heterocycles. The van der Waals surface area contributed by atoms with E-state index in [0.717, 1.165) is 54.2 Å². The van der Waals surface area contributed by atoms with E-state index in [1.54, 1.807) is 0 Å². The zero-order chi connectivity index (χ0) is 21.9. The number of anilines is 2. The third-order valence-electron chi connectivity index (χ3n) is 5.70. The molecule has 1 saturated carbocycles. The van der Waals surface area contributed by atoms with Crippen molar-refractivity contribution < 1.29 is 9.53 Å². The molecular weight excluding hydrogens is 422 g/mol. The number of nitrogens with zero attached hydrogens (tertiary/aromatic N) is 4. The summed E-state index contributed by atoms with van der Waals surface area (Å²) in [5.41, 5.74) is 0.740. The molecule has 1 unspecified atom stereocenters. The van der Waals surface area contributed by atoms with Crippen LogP contribution < -0.4 is 15.0 Å². The topological polar surface area (TPSA) is 72.3 Å². The Hall–Kier alpha value is -3.00. The molecule has 1 aliphatic heterocycles. The maximum atomic E-state index is 12.8. The standard InChI is InChI=1S/C24H27N5O2S/c1-17(32-24-27-26-23(28-15-5-6-16-28)29(24)19-11-12-19)22(30)25-18-9-13-21(14-10-18)31-20-7-3-2-4-8-20/h2-4,7-10,13-14,17,19H,5-6,11-12,15-16H2,1H3,(H,25,30). The number of carbonyl (C=O) groups is 1. The highest BCUT2D eigenvalue weighted by Crippen LogP contribution is 2.42. The van der Waals surface area contributed by atoms with Gasteiger partial charge >= 0.3 is 0 Å². The third-order valence-corrected chi connectivity index (χ3v) is 6.76. The summed E-state index contributed by atoms with van der Waals surface area (Å²) >= 11 is 1.48. The maximum absolute atomic E-state index is 12.8. The average Bonchev–Trinajstić information content (AvgIpc) is 3.33. The van der Waals surface area contributed by atoms with E-state index >= 15 is 0 Å². The number of hydrogen-bond acceptors (Lipinski definition) is 6. The number of aromatic nitrogens is 3. The van der Waals surface area contributed by atoms with Crippen molar-refractivity contribution in [3.63, 3.8) is 0 Å². The number of amides is 1. The van der Waals surface area contributed by atoms with E-state index in [4.69, 9.17) is 4.74 Å². The maximum Gasteiger partial charge on any atom is 0.237 e. The second kappa shape index (κ2) is 9.24. The third kappa shape index (κ3) is 4.75. The molecule has 0 bridgehead atoms. The van der Waals surface area contributed by atoms with Crippen LogP contribution in [-0.4, -0.2) is 39.0 Å². The van der Waals surface area contributed by atoms with E-state index in [0.29, 0.717) is 6.04 Å². The average molecular weight is 450 g/mol. The SMILES string of the molecule is CC(Sc1nnc(N2CCCC2)n1C1CC1)C(=O)Nc1ccc(Oc2ccccc2)cc1. The molecule has 1 aromatic heterocycles. The first-order valence-electron chi connectivity index (χ1n) is 11.2. The predicted molar refractivity (Wildman–Crippen MR) is 127 cm³/mol. The highest BCUT2D eigenvalue weighted by molar-refractivity contribution is 8.00. The minimum atomic E-state index is -0.289. The molecule has 166 valence electrons. The summed E-state index contributed by atoms with van der Waals surface area (Å²) in [5.74, 6) is 2.42. The van der Waals surface area contributed by atoms with Crippen molar-refractivity contribution in [3.05, 3.63) is 54.6 Å². The lowest BCUT2D eigenvalue weighted by Crippen LogP contribution is -2.24. The Bertz CT molecular complexity index is 1060. The molecule has 0 radical (unpaired) electrons. The fourth-order valence-electron chi connectivity index (χ4n) is 3.82. The monoisotopic (exact) mass is 449 g/mol. The summed E-state index contributed by atoms with van der Waals surface area (Å²) < 4.78 is 8.06. The number of para-hydroxylation sites is 1. The number of ether oxygens (including phenoxy) is 1. The summed E-state index contributed by atoms with van der Waals surface area (Å²) in [4.78, 5) is 15.1. The van der Waals surface area contributed by atoms with Gasteiger partial charge < -0.3 is 15.0 Å². The largest absolute Gasteiger partial charge is 0.457 e. The van der Waals surface area contributed by atoms with Gasteiger partial charge in [0.05, 0.1) is 5.25 Å². The van der Waals surface area contributed by atoms with E-state index in [1.165, 1.54) is 24.6 Å². The Morgan fingerprint density at radius 3 is 2.41 bits per heavy atom. The van der Waals surface area contributed by atoms with Gasteiger partial charge in [-0.2, -0.15) is 0 Å². The molecule has 2 heterocycles. The van der Waals surface area contributed by atoms with Crippen LogP contribution in [-0.2, 0) is 4.79 Å². The van der Waals surface area contributed by atoms with E-state index in [2.05, 4.69) is 25.0 Å². The van der Waals surface area contributed by atoms with E-state index in [1.807, 2.05) is 61.5 Å². The van der Waals surface area contributed by atoms with Crippen LogP contribution in [0.15, 0.2) is 59.8 Å². The second-order valence-electron chi connectivity index (χ2n) is 8.27. The van der Waals surface area contributed by atoms with Crippen molar-refractivity contribution in [2.24, 2.45) is 0 Å². The molecule has 0 spiro atoms. The number of thioether (sulfide) groups is 1. The van der Waals surface area contributed by atoms with E-state index in [9.17, 15) is 4.79 Å². The summed E-state index contributed by atoms with van der Waals surface area (Å²) in [5, 5.41) is 12.5. The van der Waals surface area contributed by atoms with E-state index in [-0.39, 0.29) is 11.2 Å². The van der Waals surface area contributed by atoms with Crippen LogP contribution in [0, 0.1) is 0 Å². The Balaban J connectivity index is 1.21. The lowest BCUT2D eigenvalue weighted by Gasteiger charge is -2.18. The van der Waals surface area contributed by atoms with Crippen molar-refractivity contribution in [3.8, 4) is 11.5 Å². The van der Waals surface area contributed by atoms with Gasteiger partial charge in [-0.3, -0.25) is 9.36 Å². The normalized spacial score (nSPS) is 16.7. The first-order chi connectivity index (χ1) is 15.7. The molecule has 1 atom stereocenters. The summed E-state index contributed by atoms with van der Waals surface area (Å²) in [6.07, 6.45) is 4.72. The highest BCUT2D eigenvalue weighted by atomic mass is 32.2. The molecule has 8 heteroatoms. The Labute approximate surface area is 192 Å². The van der Waals surface area contributed by atoms with Gasteiger partial charge in [-0.05, 0) is 69.0 Å². The minimum absolute atomic E-state index is 0.0557. The molecule has 2 aromatic carbocycles. The van der Waals surface area contributed by atoms with Gasteiger partial charge in [0.25, 0.3) is 0 Å². The lowest BCUT2D eigenvalue weighted by atomic mass is 10.3. The van der Waals surface area contributed by atoms with Gasteiger partial charge in [0.2, 0.25) is 11.9 Å². The summed E-state index contributed by atoms with van der Waals surface area (Å²) in [6.45, 7) is 3.99. The molecular formula is C24H27N5O2S. The van der Waals surface area contributed by atoms with Crippen molar-refractivity contribution in [1.82, 2.24) is 14.8 Å². The number of carbonyl (C=O) groups excluding carboxylic acids is 1. The number of rotatable bonds is 8. The molecule has 32 heavy (non-hydrogen) atoms. The molecule has 1 amide bonds. The van der Waals surface area contributed by atoms with Crippen LogP contribution in [0.5, 0.6) is 11.5 Å².